The van der Waals surface area contributed by atoms with Crippen LogP contribution < -0.4 is 0 Å². The van der Waals surface area contributed by atoms with Crippen LogP contribution in [0.3, 0.4) is 0 Å². The number of halogens is 1. The minimum Gasteiger partial charge on any atom is -0.299 e. The Morgan fingerprint density at radius 2 is 1.93 bits per heavy atom. The van der Waals surface area contributed by atoms with Crippen molar-refractivity contribution in [1.82, 2.24) is 0 Å². The molecule has 0 N–H and O–H groups in total. The monoisotopic (exact) mass is 435 g/mol. The zero-order valence-corrected chi connectivity index (χ0v) is 18.8. The first-order valence-electron chi connectivity index (χ1n) is 10.9. The van der Waals surface area contributed by atoms with Gasteiger partial charge in [0.05, 0.1) is 0 Å². The number of nitrogens with zero attached hydrogens (tertiary/aromatic N) is 1. The Balaban J connectivity index is 1.62. The molecule has 0 aromatic carbocycles. The Bertz CT molecular complexity index is 686. The highest BCUT2D eigenvalue weighted by Crippen LogP contribution is 2.64. The van der Waals surface area contributed by atoms with Crippen LogP contribution in [0.15, 0.2) is 4.99 Å². The van der Waals surface area contributed by atoms with E-state index in [1.807, 2.05) is 0 Å². The van der Waals surface area contributed by atoms with Crippen molar-refractivity contribution in [2.75, 3.05) is 6.54 Å². The van der Waals surface area contributed by atoms with Gasteiger partial charge in [0.15, 0.2) is 5.78 Å². The van der Waals surface area contributed by atoms with E-state index in [4.69, 9.17) is 4.99 Å². The molecular weight excluding hydrogens is 402 g/mol. The highest BCUT2D eigenvalue weighted by atomic mass is 79.9. The zero-order chi connectivity index (χ0) is 19.6. The number of hydrogen-bond donors (Lipinski definition) is 0. The molecule has 0 radical (unpaired) electrons. The van der Waals surface area contributed by atoms with Crippen molar-refractivity contribution in [3.63, 3.8) is 0 Å². The van der Waals surface area contributed by atoms with Gasteiger partial charge < -0.3 is 0 Å². The number of carbonyl (C=O) groups is 2. The second kappa shape index (κ2) is 6.78. The molecule has 4 aliphatic rings. The SMILES string of the molecule is CC(C)CC(=O)[C@H]1CCC2C3CN=C4C(Br)C(=O)CC[C@]4(C)C3CC[C@@]21C. The fourth-order valence-electron chi connectivity index (χ4n) is 7.33. The summed E-state index contributed by atoms with van der Waals surface area (Å²) in [5.41, 5.74) is 1.34. The van der Waals surface area contributed by atoms with Gasteiger partial charge in [-0.15, -0.1) is 0 Å². The van der Waals surface area contributed by atoms with Crippen LogP contribution in [0.2, 0.25) is 0 Å². The topological polar surface area (TPSA) is 46.5 Å². The largest absolute Gasteiger partial charge is 0.299 e. The molecule has 3 nitrogen and oxygen atoms in total. The maximum absolute atomic E-state index is 13.0. The lowest BCUT2D eigenvalue weighted by atomic mass is 9.49. The molecular formula is C23H34BrNO2. The number of fused-ring (bicyclic) bond motifs is 5. The number of rotatable bonds is 3. The second-order valence-electron chi connectivity index (χ2n) is 10.6. The minimum atomic E-state index is -0.172. The number of hydrogen-bond acceptors (Lipinski definition) is 3. The van der Waals surface area contributed by atoms with Crippen LogP contribution in [0.5, 0.6) is 0 Å². The summed E-state index contributed by atoms with van der Waals surface area (Å²) in [6.07, 6.45) is 6.96. The lowest BCUT2D eigenvalue weighted by Gasteiger charge is -2.57. The molecule has 150 valence electrons. The predicted octanol–water partition coefficient (Wildman–Crippen LogP) is 5.25. The van der Waals surface area contributed by atoms with E-state index >= 15 is 0 Å². The quantitative estimate of drug-likeness (QED) is 0.568. The zero-order valence-electron chi connectivity index (χ0n) is 17.3. The first-order chi connectivity index (χ1) is 12.7. The molecule has 0 saturated heterocycles. The number of alkyl halides is 1. The van der Waals surface area contributed by atoms with E-state index in [0.717, 1.165) is 37.9 Å². The van der Waals surface area contributed by atoms with Crippen LogP contribution in [0, 0.1) is 40.4 Å². The fraction of sp³-hybridized carbons (Fsp3) is 0.870. The summed E-state index contributed by atoms with van der Waals surface area (Å²) >= 11 is 3.64. The number of carbonyl (C=O) groups excluding carboxylic acids is 2. The van der Waals surface area contributed by atoms with Crippen molar-refractivity contribution >= 4 is 33.2 Å². The van der Waals surface area contributed by atoms with Gasteiger partial charge in [0, 0.05) is 36.4 Å². The van der Waals surface area contributed by atoms with Crippen molar-refractivity contribution in [3.8, 4) is 0 Å². The Hall–Kier alpha value is -0.510. The molecule has 1 heterocycles. The summed E-state index contributed by atoms with van der Waals surface area (Å²) in [4.78, 5) is 30.0. The van der Waals surface area contributed by atoms with Crippen LogP contribution in [0.4, 0.5) is 0 Å². The summed E-state index contributed by atoms with van der Waals surface area (Å²) in [5.74, 6) is 3.33. The molecule has 0 spiro atoms. The van der Waals surface area contributed by atoms with E-state index in [-0.39, 0.29) is 21.6 Å². The molecule has 3 fully saturated rings. The third-order valence-corrected chi connectivity index (χ3v) is 9.67. The van der Waals surface area contributed by atoms with Gasteiger partial charge in [-0.05, 0) is 61.2 Å². The number of ketones is 2. The molecule has 0 bridgehead atoms. The van der Waals surface area contributed by atoms with Crippen molar-refractivity contribution in [3.05, 3.63) is 0 Å². The maximum atomic E-state index is 13.0. The molecule has 0 aromatic heterocycles. The Morgan fingerprint density at radius 3 is 2.63 bits per heavy atom. The Kier molecular flexibility index (Phi) is 4.97. The highest BCUT2D eigenvalue weighted by Gasteiger charge is 2.61. The Labute approximate surface area is 172 Å². The smallest absolute Gasteiger partial charge is 0.152 e. The van der Waals surface area contributed by atoms with Gasteiger partial charge >= 0.3 is 0 Å². The summed E-state index contributed by atoms with van der Waals surface area (Å²) < 4.78 is 0. The van der Waals surface area contributed by atoms with E-state index in [2.05, 4.69) is 43.6 Å². The van der Waals surface area contributed by atoms with Gasteiger partial charge in [0.25, 0.3) is 0 Å². The van der Waals surface area contributed by atoms with Gasteiger partial charge in [-0.2, -0.15) is 0 Å². The van der Waals surface area contributed by atoms with E-state index in [1.165, 1.54) is 12.8 Å². The van der Waals surface area contributed by atoms with Crippen LogP contribution in [0.25, 0.3) is 0 Å². The molecule has 4 heteroatoms. The fourth-order valence-corrected chi connectivity index (χ4v) is 8.22. The molecule has 1 aliphatic heterocycles. The van der Waals surface area contributed by atoms with Crippen LogP contribution in [0.1, 0.15) is 72.6 Å². The molecule has 3 aliphatic carbocycles. The molecule has 3 saturated carbocycles. The first-order valence-corrected chi connectivity index (χ1v) is 11.8. The predicted molar refractivity (Wildman–Crippen MR) is 112 cm³/mol. The maximum Gasteiger partial charge on any atom is 0.152 e. The molecule has 7 atom stereocenters. The summed E-state index contributed by atoms with van der Waals surface area (Å²) in [5, 5.41) is 0. The number of aliphatic imine (C=N–C) groups is 1. The van der Waals surface area contributed by atoms with Gasteiger partial charge in [0.1, 0.15) is 10.6 Å². The lowest BCUT2D eigenvalue weighted by molar-refractivity contribution is -0.130. The van der Waals surface area contributed by atoms with Crippen LogP contribution in [-0.4, -0.2) is 28.7 Å². The third-order valence-electron chi connectivity index (χ3n) is 8.72. The molecule has 4 rings (SSSR count). The summed E-state index contributed by atoms with van der Waals surface area (Å²) in [7, 11) is 0. The average Bonchev–Trinajstić information content (AvgIpc) is 2.95. The van der Waals surface area contributed by atoms with Crippen LogP contribution >= 0.6 is 15.9 Å². The third kappa shape index (κ3) is 2.91. The van der Waals surface area contributed by atoms with E-state index in [0.29, 0.717) is 41.7 Å². The molecule has 0 amide bonds. The number of Topliss-reactive ketones (excluding diaryl/α,β-unsaturated/α-hetero) is 2. The van der Waals surface area contributed by atoms with Crippen molar-refractivity contribution in [2.45, 2.75) is 77.5 Å². The first kappa shape index (κ1) is 19.8. The standard InChI is InChI=1S/C23H34BrNO2/c1-13(2)11-19(27)17-6-5-15-14-12-25-21-20(24)18(26)8-10-23(21,4)16(14)7-9-22(15,17)3/h13-17,20H,5-12H2,1-4H3/t14?,15?,16?,17-,20?,22+,23-/m1/s1. The lowest BCUT2D eigenvalue weighted by Crippen LogP contribution is -2.57. The van der Waals surface area contributed by atoms with Crippen molar-refractivity contribution < 1.29 is 9.59 Å². The van der Waals surface area contributed by atoms with Gasteiger partial charge in [-0.1, -0.05) is 43.6 Å². The molecule has 4 unspecified atom stereocenters. The normalized spacial score (nSPS) is 46.5. The van der Waals surface area contributed by atoms with Gasteiger partial charge in [-0.3, -0.25) is 14.6 Å². The Morgan fingerprint density at radius 1 is 1.19 bits per heavy atom. The van der Waals surface area contributed by atoms with Crippen LogP contribution in [-0.2, 0) is 9.59 Å². The van der Waals surface area contributed by atoms with E-state index in [9.17, 15) is 9.59 Å². The van der Waals surface area contributed by atoms with Crippen molar-refractivity contribution in [1.29, 1.82) is 0 Å². The second-order valence-corrected chi connectivity index (χ2v) is 11.5. The van der Waals surface area contributed by atoms with Gasteiger partial charge in [-0.25, -0.2) is 0 Å². The van der Waals surface area contributed by atoms with Gasteiger partial charge in [0.2, 0.25) is 0 Å². The highest BCUT2D eigenvalue weighted by molar-refractivity contribution is 9.10. The summed E-state index contributed by atoms with van der Waals surface area (Å²) in [6, 6.07) is 0. The summed E-state index contributed by atoms with van der Waals surface area (Å²) in [6.45, 7) is 9.94. The van der Waals surface area contributed by atoms with E-state index in [1.54, 1.807) is 0 Å². The molecule has 0 aromatic rings. The minimum absolute atomic E-state index is 0.0619. The van der Waals surface area contributed by atoms with Crippen molar-refractivity contribution in [2.24, 2.45) is 45.4 Å². The molecule has 27 heavy (non-hydrogen) atoms. The average molecular weight is 436 g/mol. The van der Waals surface area contributed by atoms with E-state index < -0.39 is 0 Å².